The van der Waals surface area contributed by atoms with Crippen LogP contribution in [0.4, 0.5) is 4.79 Å². The van der Waals surface area contributed by atoms with Gasteiger partial charge in [-0.2, -0.15) is 0 Å². The van der Waals surface area contributed by atoms with Gasteiger partial charge in [0.2, 0.25) is 0 Å². The number of carbonyl (C=O) groups is 2. The van der Waals surface area contributed by atoms with Crippen LogP contribution in [0, 0.1) is 6.92 Å². The molecule has 0 radical (unpaired) electrons. The van der Waals surface area contributed by atoms with E-state index in [1.165, 1.54) is 0 Å². The maximum atomic E-state index is 13.3. The van der Waals surface area contributed by atoms with E-state index in [2.05, 4.69) is 15.6 Å². The molecule has 1 aliphatic heterocycles. The normalized spacial score (nSPS) is 15.6. The first-order valence-corrected chi connectivity index (χ1v) is 11.1. The Kier molecular flexibility index (Phi) is 7.05. The molecule has 2 aromatic carbocycles. The number of pyridine rings is 1. The highest BCUT2D eigenvalue weighted by Gasteiger charge is 2.33. The summed E-state index contributed by atoms with van der Waals surface area (Å²) in [4.78, 5) is 30.1. The number of benzene rings is 2. The van der Waals surface area contributed by atoms with Crippen molar-refractivity contribution in [3.63, 3.8) is 0 Å². The lowest BCUT2D eigenvalue weighted by Crippen LogP contribution is -2.46. The molecule has 0 saturated carbocycles. The number of aromatic nitrogens is 1. The van der Waals surface area contributed by atoms with Crippen molar-refractivity contribution < 1.29 is 14.3 Å². The van der Waals surface area contributed by atoms with E-state index in [-0.39, 0.29) is 12.6 Å². The minimum atomic E-state index is -0.648. The zero-order valence-electron chi connectivity index (χ0n) is 18.2. The van der Waals surface area contributed by atoms with Gasteiger partial charge in [0.05, 0.1) is 11.6 Å². The summed E-state index contributed by atoms with van der Waals surface area (Å²) < 4.78 is 5.66. The van der Waals surface area contributed by atoms with Gasteiger partial charge in [0.1, 0.15) is 6.61 Å². The standard InChI is InChI=1S/C26H24ClN3O3/c1-17-15-20(13-14-28-17)24-23(25(31)33-16-18-7-3-2-4-8-18)22(29-26(32)30-24)12-11-19-9-5-6-10-21(19)27/h2-10,13-15,24H,11-12,16H2,1H3,(H2,29,30,32). The van der Waals surface area contributed by atoms with Gasteiger partial charge in [-0.25, -0.2) is 9.59 Å². The fourth-order valence-electron chi connectivity index (χ4n) is 3.81. The van der Waals surface area contributed by atoms with Crippen molar-refractivity contribution in [3.05, 3.63) is 112 Å². The first kappa shape index (κ1) is 22.6. The number of halogens is 1. The molecule has 0 fully saturated rings. The van der Waals surface area contributed by atoms with Gasteiger partial charge in [-0.1, -0.05) is 60.1 Å². The lowest BCUT2D eigenvalue weighted by molar-refractivity contribution is -0.140. The van der Waals surface area contributed by atoms with Gasteiger partial charge in [-0.05, 0) is 54.7 Å². The minimum Gasteiger partial charge on any atom is -0.457 e. The van der Waals surface area contributed by atoms with Gasteiger partial charge in [-0.3, -0.25) is 4.98 Å². The summed E-state index contributed by atoms with van der Waals surface area (Å²) in [6.07, 6.45) is 2.65. The predicted molar refractivity (Wildman–Crippen MR) is 126 cm³/mol. The first-order valence-electron chi connectivity index (χ1n) is 10.7. The summed E-state index contributed by atoms with van der Waals surface area (Å²) in [5.74, 6) is -0.486. The SMILES string of the molecule is Cc1cc(C2NC(=O)NC(CCc3ccccc3Cl)=C2C(=O)OCc2ccccc2)ccn1. The Morgan fingerprint density at radius 1 is 1.06 bits per heavy atom. The van der Waals surface area contributed by atoms with E-state index >= 15 is 0 Å². The molecular weight excluding hydrogens is 438 g/mol. The number of aryl methyl sites for hydroxylation is 2. The molecule has 3 aromatic rings. The number of rotatable bonds is 7. The molecule has 6 nitrogen and oxygen atoms in total. The molecule has 2 heterocycles. The van der Waals surface area contributed by atoms with Crippen LogP contribution in [0.5, 0.6) is 0 Å². The summed E-state index contributed by atoms with van der Waals surface area (Å²) in [6, 6.07) is 19.6. The number of nitrogens with one attached hydrogen (secondary N) is 2. The third-order valence-electron chi connectivity index (χ3n) is 5.44. The number of urea groups is 1. The van der Waals surface area contributed by atoms with Crippen molar-refractivity contribution in [2.75, 3.05) is 0 Å². The van der Waals surface area contributed by atoms with E-state index in [9.17, 15) is 9.59 Å². The molecule has 168 valence electrons. The maximum absolute atomic E-state index is 13.3. The third-order valence-corrected chi connectivity index (χ3v) is 5.81. The van der Waals surface area contributed by atoms with Crippen molar-refractivity contribution in [2.45, 2.75) is 32.4 Å². The highest BCUT2D eigenvalue weighted by atomic mass is 35.5. The summed E-state index contributed by atoms with van der Waals surface area (Å²) in [5.41, 5.74) is 4.27. The molecule has 7 heteroatoms. The number of esters is 1. The highest BCUT2D eigenvalue weighted by molar-refractivity contribution is 6.31. The fourth-order valence-corrected chi connectivity index (χ4v) is 4.05. The van der Waals surface area contributed by atoms with Gasteiger partial charge < -0.3 is 15.4 Å². The van der Waals surface area contributed by atoms with E-state index < -0.39 is 12.0 Å². The molecule has 0 bridgehead atoms. The lowest BCUT2D eigenvalue weighted by Gasteiger charge is -2.29. The van der Waals surface area contributed by atoms with Gasteiger partial charge >= 0.3 is 12.0 Å². The smallest absolute Gasteiger partial charge is 0.338 e. The van der Waals surface area contributed by atoms with Crippen LogP contribution in [-0.2, 0) is 22.6 Å². The Hall–Kier alpha value is -3.64. The first-order chi connectivity index (χ1) is 16.0. The molecule has 2 amide bonds. The summed E-state index contributed by atoms with van der Waals surface area (Å²) in [6.45, 7) is 2.00. The quantitative estimate of drug-likeness (QED) is 0.484. The minimum absolute atomic E-state index is 0.136. The summed E-state index contributed by atoms with van der Waals surface area (Å²) in [5, 5.41) is 6.33. The largest absolute Gasteiger partial charge is 0.457 e. The monoisotopic (exact) mass is 461 g/mol. The fraction of sp³-hybridized carbons (Fsp3) is 0.192. The number of hydrogen-bond acceptors (Lipinski definition) is 4. The second-order valence-corrected chi connectivity index (χ2v) is 8.21. The van der Waals surface area contributed by atoms with E-state index in [0.29, 0.717) is 29.1 Å². The lowest BCUT2D eigenvalue weighted by atomic mass is 9.93. The van der Waals surface area contributed by atoms with Crippen LogP contribution in [0.3, 0.4) is 0 Å². The predicted octanol–water partition coefficient (Wildman–Crippen LogP) is 5.03. The summed E-state index contributed by atoms with van der Waals surface area (Å²) >= 11 is 6.31. The Labute approximate surface area is 197 Å². The van der Waals surface area contributed by atoms with Crippen LogP contribution in [0.25, 0.3) is 0 Å². The molecule has 1 aliphatic rings. The topological polar surface area (TPSA) is 80.3 Å². The number of allylic oxidation sites excluding steroid dienone is 1. The van der Waals surface area contributed by atoms with Crippen molar-refractivity contribution in [2.24, 2.45) is 0 Å². The Morgan fingerprint density at radius 3 is 2.58 bits per heavy atom. The van der Waals surface area contributed by atoms with Gasteiger partial charge in [0.25, 0.3) is 0 Å². The maximum Gasteiger partial charge on any atom is 0.338 e. The molecule has 1 atom stereocenters. The molecule has 4 rings (SSSR count). The van der Waals surface area contributed by atoms with Crippen molar-refractivity contribution >= 4 is 23.6 Å². The van der Waals surface area contributed by atoms with Crippen LogP contribution in [0.1, 0.15) is 34.8 Å². The van der Waals surface area contributed by atoms with Crippen molar-refractivity contribution in [1.29, 1.82) is 0 Å². The van der Waals surface area contributed by atoms with Gasteiger partial charge in [-0.15, -0.1) is 0 Å². The highest BCUT2D eigenvalue weighted by Crippen LogP contribution is 2.30. The van der Waals surface area contributed by atoms with E-state index in [0.717, 1.165) is 22.4 Å². The van der Waals surface area contributed by atoms with Crippen molar-refractivity contribution in [1.82, 2.24) is 15.6 Å². The molecule has 0 aliphatic carbocycles. The molecule has 33 heavy (non-hydrogen) atoms. The molecule has 1 unspecified atom stereocenters. The second kappa shape index (κ2) is 10.3. The average Bonchev–Trinajstić information content (AvgIpc) is 2.82. The van der Waals surface area contributed by atoms with Crippen LogP contribution < -0.4 is 10.6 Å². The van der Waals surface area contributed by atoms with Crippen molar-refractivity contribution in [3.8, 4) is 0 Å². The zero-order valence-corrected chi connectivity index (χ0v) is 18.9. The molecule has 0 saturated heterocycles. The van der Waals surface area contributed by atoms with E-state index in [1.807, 2.05) is 67.6 Å². The molecule has 0 spiro atoms. The van der Waals surface area contributed by atoms with Crippen LogP contribution >= 0.6 is 11.6 Å². The molecule has 2 N–H and O–H groups in total. The van der Waals surface area contributed by atoms with E-state index in [4.69, 9.17) is 16.3 Å². The molecular formula is C26H24ClN3O3. The molecule has 1 aromatic heterocycles. The van der Waals surface area contributed by atoms with Crippen LogP contribution in [0.2, 0.25) is 5.02 Å². The number of ether oxygens (including phenoxy) is 1. The van der Waals surface area contributed by atoms with Gasteiger partial charge in [0.15, 0.2) is 0 Å². The third kappa shape index (κ3) is 5.59. The zero-order chi connectivity index (χ0) is 23.2. The number of hydrogen-bond donors (Lipinski definition) is 2. The van der Waals surface area contributed by atoms with Crippen LogP contribution in [-0.4, -0.2) is 17.0 Å². The van der Waals surface area contributed by atoms with Gasteiger partial charge in [0, 0.05) is 22.6 Å². The number of amides is 2. The second-order valence-electron chi connectivity index (χ2n) is 7.81. The van der Waals surface area contributed by atoms with Crippen LogP contribution in [0.15, 0.2) is 84.2 Å². The van der Waals surface area contributed by atoms with E-state index in [1.54, 1.807) is 12.3 Å². The summed E-state index contributed by atoms with van der Waals surface area (Å²) in [7, 11) is 0. The Balaban J connectivity index is 1.67. The number of carbonyl (C=O) groups excluding carboxylic acids is 2. The number of nitrogens with zero attached hydrogens (tertiary/aromatic N) is 1. The Bertz CT molecular complexity index is 1190. The average molecular weight is 462 g/mol. The Morgan fingerprint density at radius 2 is 1.82 bits per heavy atom.